The first-order valence-electron chi connectivity index (χ1n) is 5.85. The second-order valence-corrected chi connectivity index (χ2v) is 7.50. The van der Waals surface area contributed by atoms with Gasteiger partial charge in [-0.15, -0.1) is 4.83 Å². The van der Waals surface area contributed by atoms with Crippen LogP contribution >= 0.6 is 0 Å². The Bertz CT molecular complexity index is 864. The molecular weight excluding hydrogens is 333 g/mol. The first-order valence-corrected chi connectivity index (χ1v) is 8.88. The smallest absolute Gasteiger partial charge is 0.257 e. The zero-order valence-electron chi connectivity index (χ0n) is 11.0. The van der Waals surface area contributed by atoms with E-state index in [4.69, 9.17) is 5.14 Å². The van der Waals surface area contributed by atoms with Crippen LogP contribution in [0.5, 0.6) is 0 Å². The standard InChI is InChI=1S/C12H12FN3O4S2/c13-9-1-5-12(6-2-9)22(19,20)16-15-10-3-7-11(8-4-10)21(14,17)18/h1-8,15-16H,(H2,14,17,18). The van der Waals surface area contributed by atoms with Crippen LogP contribution in [0.3, 0.4) is 0 Å². The van der Waals surface area contributed by atoms with Crippen molar-refractivity contribution in [1.29, 1.82) is 0 Å². The third-order valence-corrected chi connectivity index (χ3v) is 4.83. The van der Waals surface area contributed by atoms with Crippen LogP contribution in [0.1, 0.15) is 0 Å². The maximum Gasteiger partial charge on any atom is 0.257 e. The lowest BCUT2D eigenvalue weighted by Crippen LogP contribution is -2.29. The number of nitrogens with one attached hydrogen (secondary N) is 2. The lowest BCUT2D eigenvalue weighted by Gasteiger charge is -2.09. The van der Waals surface area contributed by atoms with Crippen LogP contribution in [0, 0.1) is 5.82 Å². The summed E-state index contributed by atoms with van der Waals surface area (Å²) in [6, 6.07) is 9.41. The van der Waals surface area contributed by atoms with Crippen LogP contribution in [-0.4, -0.2) is 16.8 Å². The third kappa shape index (κ3) is 4.01. The van der Waals surface area contributed by atoms with Crippen LogP contribution < -0.4 is 15.4 Å². The van der Waals surface area contributed by atoms with E-state index in [1.807, 2.05) is 0 Å². The summed E-state index contributed by atoms with van der Waals surface area (Å²) in [7, 11) is -7.70. The molecule has 2 aromatic carbocycles. The zero-order valence-corrected chi connectivity index (χ0v) is 12.7. The summed E-state index contributed by atoms with van der Waals surface area (Å²) in [5.41, 5.74) is 2.71. The highest BCUT2D eigenvalue weighted by Crippen LogP contribution is 2.13. The Morgan fingerprint density at radius 1 is 0.818 bits per heavy atom. The summed E-state index contributed by atoms with van der Waals surface area (Å²) < 4.78 is 58.8. The highest BCUT2D eigenvalue weighted by Gasteiger charge is 2.13. The minimum absolute atomic E-state index is 0.0977. The van der Waals surface area contributed by atoms with Crippen molar-refractivity contribution in [2.75, 3.05) is 5.43 Å². The van der Waals surface area contributed by atoms with Crippen LogP contribution in [-0.2, 0) is 20.0 Å². The Labute approximate surface area is 127 Å². The number of hydrogen-bond acceptors (Lipinski definition) is 5. The second-order valence-electron chi connectivity index (χ2n) is 4.25. The molecule has 118 valence electrons. The van der Waals surface area contributed by atoms with Gasteiger partial charge in [0, 0.05) is 5.69 Å². The van der Waals surface area contributed by atoms with Gasteiger partial charge in [-0.2, -0.15) is 0 Å². The summed E-state index contributed by atoms with van der Waals surface area (Å²) >= 11 is 0. The fourth-order valence-electron chi connectivity index (χ4n) is 1.53. The van der Waals surface area contributed by atoms with Crippen molar-refractivity contribution in [3.8, 4) is 0 Å². The molecule has 0 amide bonds. The molecule has 0 aliphatic heterocycles. The summed E-state index contributed by atoms with van der Waals surface area (Å²) in [6.07, 6.45) is 0. The number of rotatable bonds is 5. The molecule has 10 heteroatoms. The molecule has 0 saturated heterocycles. The number of nitrogens with two attached hydrogens (primary N) is 1. The van der Waals surface area contributed by atoms with E-state index >= 15 is 0 Å². The molecule has 0 heterocycles. The summed E-state index contributed by atoms with van der Waals surface area (Å²) in [4.78, 5) is 1.87. The average molecular weight is 345 g/mol. The Kier molecular flexibility index (Phi) is 4.47. The molecule has 0 unspecified atom stereocenters. The van der Waals surface area contributed by atoms with Gasteiger partial charge >= 0.3 is 0 Å². The number of sulfonamides is 2. The lowest BCUT2D eigenvalue weighted by atomic mass is 10.3. The molecule has 0 aromatic heterocycles. The normalized spacial score (nSPS) is 12.1. The highest BCUT2D eigenvalue weighted by atomic mass is 32.2. The van der Waals surface area contributed by atoms with Gasteiger partial charge < -0.3 is 5.43 Å². The Balaban J connectivity index is 2.10. The van der Waals surface area contributed by atoms with E-state index in [9.17, 15) is 21.2 Å². The largest absolute Gasteiger partial charge is 0.308 e. The van der Waals surface area contributed by atoms with Crippen molar-refractivity contribution in [2.24, 2.45) is 5.14 Å². The molecule has 2 aromatic rings. The number of primary sulfonamides is 1. The van der Waals surface area contributed by atoms with E-state index in [0.29, 0.717) is 5.69 Å². The van der Waals surface area contributed by atoms with Gasteiger partial charge in [-0.1, -0.05) is 0 Å². The number of halogens is 1. The highest BCUT2D eigenvalue weighted by molar-refractivity contribution is 7.89. The number of hydrazine groups is 1. The van der Waals surface area contributed by atoms with Crippen LogP contribution in [0.2, 0.25) is 0 Å². The molecule has 0 atom stereocenters. The molecule has 0 fully saturated rings. The van der Waals surface area contributed by atoms with Crippen LogP contribution in [0.25, 0.3) is 0 Å². The molecule has 4 N–H and O–H groups in total. The van der Waals surface area contributed by atoms with Crippen LogP contribution in [0.15, 0.2) is 58.3 Å². The maximum atomic E-state index is 12.8. The monoisotopic (exact) mass is 345 g/mol. The van der Waals surface area contributed by atoms with Gasteiger partial charge in [0.25, 0.3) is 10.0 Å². The first kappa shape index (κ1) is 16.4. The fourth-order valence-corrected chi connectivity index (χ4v) is 2.91. The summed E-state index contributed by atoms with van der Waals surface area (Å²) in [6.45, 7) is 0. The van der Waals surface area contributed by atoms with Gasteiger partial charge in [0.05, 0.1) is 9.79 Å². The number of hydrogen-bond donors (Lipinski definition) is 3. The lowest BCUT2D eigenvalue weighted by molar-refractivity contribution is 0.586. The first-order chi connectivity index (χ1) is 10.2. The molecular formula is C12H12FN3O4S2. The van der Waals surface area contributed by atoms with E-state index in [-0.39, 0.29) is 9.79 Å². The van der Waals surface area contributed by atoms with Crippen molar-refractivity contribution < 1.29 is 21.2 Å². The second kappa shape index (κ2) is 6.01. The molecule has 7 nitrogen and oxygen atoms in total. The molecule has 2 rings (SSSR count). The van der Waals surface area contributed by atoms with Crippen molar-refractivity contribution >= 4 is 25.7 Å². The van der Waals surface area contributed by atoms with E-state index in [1.165, 1.54) is 24.3 Å². The summed E-state index contributed by atoms with van der Waals surface area (Å²) in [5.74, 6) is -0.550. The zero-order chi connectivity index (χ0) is 16.4. The molecule has 0 aliphatic rings. The van der Waals surface area contributed by atoms with Crippen molar-refractivity contribution in [1.82, 2.24) is 4.83 Å². The average Bonchev–Trinajstić information content (AvgIpc) is 2.45. The third-order valence-electron chi connectivity index (χ3n) is 2.64. The van der Waals surface area contributed by atoms with Gasteiger partial charge in [0.2, 0.25) is 10.0 Å². The molecule has 0 spiro atoms. The van der Waals surface area contributed by atoms with Gasteiger partial charge in [-0.25, -0.2) is 26.4 Å². The number of benzene rings is 2. The molecule has 0 radical (unpaired) electrons. The Morgan fingerprint density at radius 3 is 1.82 bits per heavy atom. The maximum absolute atomic E-state index is 12.8. The van der Waals surface area contributed by atoms with E-state index in [0.717, 1.165) is 24.3 Å². The minimum Gasteiger partial charge on any atom is -0.308 e. The molecule has 0 saturated carbocycles. The molecule has 22 heavy (non-hydrogen) atoms. The predicted octanol–water partition coefficient (Wildman–Crippen LogP) is 0.778. The predicted molar refractivity (Wildman–Crippen MR) is 78.2 cm³/mol. The van der Waals surface area contributed by atoms with Crippen molar-refractivity contribution in [3.05, 3.63) is 54.3 Å². The number of anilines is 1. The Morgan fingerprint density at radius 2 is 1.32 bits per heavy atom. The van der Waals surface area contributed by atoms with E-state index < -0.39 is 25.9 Å². The van der Waals surface area contributed by atoms with E-state index in [1.54, 1.807) is 0 Å². The minimum atomic E-state index is -3.88. The van der Waals surface area contributed by atoms with Crippen molar-refractivity contribution in [2.45, 2.75) is 9.79 Å². The van der Waals surface area contributed by atoms with Gasteiger partial charge in [0.15, 0.2) is 0 Å². The summed E-state index contributed by atoms with van der Waals surface area (Å²) in [5, 5.41) is 4.95. The van der Waals surface area contributed by atoms with Crippen molar-refractivity contribution in [3.63, 3.8) is 0 Å². The van der Waals surface area contributed by atoms with Crippen LogP contribution in [0.4, 0.5) is 10.1 Å². The van der Waals surface area contributed by atoms with E-state index in [2.05, 4.69) is 10.3 Å². The van der Waals surface area contributed by atoms with Gasteiger partial charge in [0.1, 0.15) is 5.82 Å². The molecule has 0 aliphatic carbocycles. The quantitative estimate of drug-likeness (QED) is 0.692. The SMILES string of the molecule is NS(=O)(=O)c1ccc(NNS(=O)(=O)c2ccc(F)cc2)cc1. The molecule has 0 bridgehead atoms. The fraction of sp³-hybridized carbons (Fsp3) is 0. The van der Waals surface area contributed by atoms with Gasteiger partial charge in [-0.05, 0) is 48.5 Å². The van der Waals surface area contributed by atoms with Gasteiger partial charge in [-0.3, -0.25) is 0 Å². The topological polar surface area (TPSA) is 118 Å². The Hall–Kier alpha value is -2.01.